The van der Waals surface area contributed by atoms with Crippen LogP contribution in [0.1, 0.15) is 22.6 Å². The van der Waals surface area contributed by atoms with Gasteiger partial charge in [-0.25, -0.2) is 0 Å². The van der Waals surface area contributed by atoms with E-state index in [1.165, 1.54) is 45.4 Å². The van der Waals surface area contributed by atoms with Crippen molar-refractivity contribution in [3.63, 3.8) is 0 Å². The van der Waals surface area contributed by atoms with E-state index in [2.05, 4.69) is 98.5 Å². The number of anilines is 2. The number of fused-ring (bicyclic) bond motifs is 2. The molecule has 8 nitrogen and oxygen atoms in total. The van der Waals surface area contributed by atoms with E-state index in [1.54, 1.807) is 12.1 Å². The van der Waals surface area contributed by atoms with Gasteiger partial charge in [0.25, 0.3) is 5.69 Å². The summed E-state index contributed by atoms with van der Waals surface area (Å²) in [5.74, 6) is 0.0156. The summed E-state index contributed by atoms with van der Waals surface area (Å²) in [6.45, 7) is 0. The number of H-pyrrole nitrogens is 2. The molecule has 3 N–H and O–H groups in total. The molecule has 0 radical (unpaired) electrons. The molecular weight excluding hydrogens is 520 g/mol. The van der Waals surface area contributed by atoms with Gasteiger partial charge in [-0.1, -0.05) is 78.1 Å². The van der Waals surface area contributed by atoms with Crippen LogP contribution in [-0.4, -0.2) is 25.1 Å². The van der Waals surface area contributed by atoms with Crippen molar-refractivity contribution < 1.29 is 4.92 Å². The van der Waals surface area contributed by atoms with Crippen molar-refractivity contribution in [1.29, 1.82) is 0 Å². The molecule has 0 aliphatic rings. The van der Waals surface area contributed by atoms with Crippen LogP contribution < -0.4 is 5.32 Å². The normalized spacial score (nSPS) is 11.4. The zero-order valence-electron chi connectivity index (χ0n) is 21.0. The van der Waals surface area contributed by atoms with Gasteiger partial charge in [-0.2, -0.15) is 0 Å². The second-order valence-electron chi connectivity index (χ2n) is 9.48. The van der Waals surface area contributed by atoms with Crippen LogP contribution in [0.2, 0.25) is 0 Å². The summed E-state index contributed by atoms with van der Waals surface area (Å²) < 4.78 is 0. The lowest BCUT2D eigenvalue weighted by Gasteiger charge is -2.18. The molecule has 7 rings (SSSR count). The molecule has 194 valence electrons. The van der Waals surface area contributed by atoms with E-state index >= 15 is 0 Å². The molecular formula is C31H22N6O2S. The van der Waals surface area contributed by atoms with E-state index in [9.17, 15) is 10.1 Å². The highest BCUT2D eigenvalue weighted by atomic mass is 32.1. The van der Waals surface area contributed by atoms with Crippen LogP contribution in [0.25, 0.3) is 32.4 Å². The molecule has 0 unspecified atom stereocenters. The van der Waals surface area contributed by atoms with E-state index < -0.39 is 4.92 Å². The van der Waals surface area contributed by atoms with Crippen LogP contribution in [0.3, 0.4) is 0 Å². The Kier molecular flexibility index (Phi) is 5.83. The topological polar surface area (TPSA) is 113 Å². The highest BCUT2D eigenvalue weighted by molar-refractivity contribution is 7.18. The maximum Gasteiger partial charge on any atom is 0.271 e. The van der Waals surface area contributed by atoms with Gasteiger partial charge in [0.1, 0.15) is 5.01 Å². The molecule has 0 bridgehead atoms. The number of nitro benzene ring substituents is 1. The summed E-state index contributed by atoms with van der Waals surface area (Å²) >= 11 is 1.40. The minimum atomic E-state index is -0.419. The molecule has 0 aliphatic carbocycles. The number of aromatic amines is 2. The summed E-state index contributed by atoms with van der Waals surface area (Å²) in [5.41, 5.74) is 7.37. The van der Waals surface area contributed by atoms with Gasteiger partial charge in [0.05, 0.1) is 4.92 Å². The first-order chi connectivity index (χ1) is 19.6. The lowest BCUT2D eigenvalue weighted by atomic mass is 9.84. The minimum absolute atomic E-state index is 0.0156. The van der Waals surface area contributed by atoms with E-state index in [1.807, 2.05) is 12.1 Å². The standard InChI is InChI=1S/C31H22N6O2S/c38-37(39)22-7-5-6-21(16-22)34-31-36-35-30(40-31)20-14-12-19(13-15-20)29(25-17-32-27-10-3-1-8-23(25)27)26-18-33-28-11-4-2-9-24(26)28/h1-18,29,32-33H,(H,34,36). The predicted molar refractivity (Wildman–Crippen MR) is 159 cm³/mol. The number of rotatable bonds is 7. The number of aromatic nitrogens is 4. The lowest BCUT2D eigenvalue weighted by Crippen LogP contribution is -2.02. The third-order valence-corrected chi connectivity index (χ3v) is 7.98. The van der Waals surface area contributed by atoms with Gasteiger partial charge in [-0.15, -0.1) is 10.2 Å². The lowest BCUT2D eigenvalue weighted by molar-refractivity contribution is -0.384. The fourth-order valence-corrected chi connectivity index (χ4v) is 5.99. The molecule has 0 spiro atoms. The third kappa shape index (κ3) is 4.28. The zero-order valence-corrected chi connectivity index (χ0v) is 21.9. The van der Waals surface area contributed by atoms with Gasteiger partial charge in [-0.05, 0) is 34.9 Å². The number of benzene rings is 4. The zero-order chi connectivity index (χ0) is 27.1. The Morgan fingerprint density at radius 2 is 1.43 bits per heavy atom. The molecule has 3 heterocycles. The van der Waals surface area contributed by atoms with E-state index in [4.69, 9.17) is 0 Å². The quantitative estimate of drug-likeness (QED) is 0.140. The molecule has 40 heavy (non-hydrogen) atoms. The van der Waals surface area contributed by atoms with E-state index in [0.29, 0.717) is 10.8 Å². The van der Waals surface area contributed by atoms with Crippen LogP contribution in [0, 0.1) is 10.1 Å². The Morgan fingerprint density at radius 1 is 0.775 bits per heavy atom. The molecule has 9 heteroatoms. The number of nitrogens with zero attached hydrogens (tertiary/aromatic N) is 3. The fourth-order valence-electron chi connectivity index (χ4n) is 5.22. The van der Waals surface area contributed by atoms with E-state index in [0.717, 1.165) is 27.2 Å². The number of hydrogen-bond donors (Lipinski definition) is 3. The average molecular weight is 543 g/mol. The number of non-ortho nitro benzene ring substituents is 1. The first kappa shape index (κ1) is 23.8. The van der Waals surface area contributed by atoms with E-state index in [-0.39, 0.29) is 11.6 Å². The van der Waals surface area contributed by atoms with Crippen molar-refractivity contribution in [2.75, 3.05) is 5.32 Å². The summed E-state index contributed by atoms with van der Waals surface area (Å²) in [7, 11) is 0. The first-order valence-electron chi connectivity index (χ1n) is 12.7. The van der Waals surface area contributed by atoms with Crippen molar-refractivity contribution in [3.05, 3.63) is 136 Å². The Hall–Kier alpha value is -5.28. The summed E-state index contributed by atoms with van der Waals surface area (Å²) in [4.78, 5) is 17.6. The maximum absolute atomic E-state index is 11.1. The maximum atomic E-state index is 11.1. The van der Waals surface area contributed by atoms with Crippen LogP contribution in [0.5, 0.6) is 0 Å². The third-order valence-electron chi connectivity index (χ3n) is 7.09. The van der Waals surface area contributed by atoms with Crippen LogP contribution in [0.15, 0.2) is 109 Å². The second kappa shape index (κ2) is 9.79. The summed E-state index contributed by atoms with van der Waals surface area (Å²) in [5, 5.41) is 26.5. The second-order valence-corrected chi connectivity index (χ2v) is 10.5. The molecule has 0 saturated carbocycles. The Morgan fingerprint density at radius 3 is 2.08 bits per heavy atom. The van der Waals surface area contributed by atoms with Crippen molar-refractivity contribution >= 4 is 49.6 Å². The molecule has 0 aliphatic heterocycles. The number of para-hydroxylation sites is 2. The van der Waals surface area contributed by atoms with Gasteiger partial charge >= 0.3 is 0 Å². The predicted octanol–water partition coefficient (Wildman–Crippen LogP) is 8.00. The van der Waals surface area contributed by atoms with Gasteiger partial charge < -0.3 is 15.3 Å². The van der Waals surface area contributed by atoms with Crippen LogP contribution >= 0.6 is 11.3 Å². The number of nitro groups is 1. The Bertz CT molecular complexity index is 1910. The van der Waals surface area contributed by atoms with Crippen LogP contribution in [0.4, 0.5) is 16.5 Å². The number of hydrogen-bond acceptors (Lipinski definition) is 6. The summed E-state index contributed by atoms with van der Waals surface area (Å²) in [6, 6.07) is 31.5. The van der Waals surface area contributed by atoms with Crippen molar-refractivity contribution in [2.24, 2.45) is 0 Å². The minimum Gasteiger partial charge on any atom is -0.361 e. The van der Waals surface area contributed by atoms with Gasteiger partial charge in [0.15, 0.2) is 0 Å². The van der Waals surface area contributed by atoms with Crippen molar-refractivity contribution in [2.45, 2.75) is 5.92 Å². The molecule has 0 amide bonds. The molecule has 3 aromatic heterocycles. The first-order valence-corrected chi connectivity index (χ1v) is 13.5. The molecule has 0 fully saturated rings. The van der Waals surface area contributed by atoms with Crippen molar-refractivity contribution in [1.82, 2.24) is 20.2 Å². The Balaban J connectivity index is 1.23. The Labute approximate surface area is 232 Å². The highest BCUT2D eigenvalue weighted by Gasteiger charge is 2.23. The molecule has 0 saturated heterocycles. The van der Waals surface area contributed by atoms with Crippen molar-refractivity contribution in [3.8, 4) is 10.6 Å². The largest absolute Gasteiger partial charge is 0.361 e. The fraction of sp³-hybridized carbons (Fsp3) is 0.0323. The number of nitrogens with one attached hydrogen (secondary N) is 3. The molecule has 7 aromatic rings. The summed E-state index contributed by atoms with van der Waals surface area (Å²) in [6.07, 6.45) is 4.23. The average Bonchev–Trinajstić information content (AvgIpc) is 3.74. The smallest absolute Gasteiger partial charge is 0.271 e. The molecule has 0 atom stereocenters. The van der Waals surface area contributed by atoms with Crippen LogP contribution in [-0.2, 0) is 0 Å². The SMILES string of the molecule is O=[N+]([O-])c1cccc(Nc2nnc(-c3ccc(C(c4c[nH]c5ccccc45)c4c[nH]c5ccccc45)cc3)s2)c1. The van der Waals surface area contributed by atoms with Gasteiger partial charge in [0, 0.05) is 63.5 Å². The highest BCUT2D eigenvalue weighted by Crippen LogP contribution is 2.40. The molecule has 4 aromatic carbocycles. The van der Waals surface area contributed by atoms with Gasteiger partial charge in [0.2, 0.25) is 5.13 Å². The van der Waals surface area contributed by atoms with Gasteiger partial charge in [-0.3, -0.25) is 10.1 Å². The monoisotopic (exact) mass is 542 g/mol.